The predicted octanol–water partition coefficient (Wildman–Crippen LogP) is 3.83. The number of ether oxygens (including phenoxy) is 1. The highest BCUT2D eigenvalue weighted by molar-refractivity contribution is 5.68. The van der Waals surface area contributed by atoms with Crippen LogP contribution in [0.2, 0.25) is 0 Å². The summed E-state index contributed by atoms with van der Waals surface area (Å²) in [6, 6.07) is 5.07. The molecule has 126 valence electrons. The molecule has 0 aliphatic rings. The lowest BCUT2D eigenvalue weighted by Gasteiger charge is -2.17. The highest BCUT2D eigenvalue weighted by Gasteiger charge is 2.14. The molecule has 1 aromatic heterocycles. The zero-order chi connectivity index (χ0) is 17.0. The van der Waals surface area contributed by atoms with Crippen LogP contribution < -0.4 is 10.5 Å². The highest BCUT2D eigenvalue weighted by atomic mass is 19.1. The van der Waals surface area contributed by atoms with Gasteiger partial charge in [0.1, 0.15) is 0 Å². The van der Waals surface area contributed by atoms with Gasteiger partial charge in [0, 0.05) is 11.3 Å². The molecule has 1 heterocycles. The molecule has 2 atom stereocenters. The van der Waals surface area contributed by atoms with Crippen molar-refractivity contribution >= 4 is 0 Å². The fourth-order valence-electron chi connectivity index (χ4n) is 2.83. The zero-order valence-electron chi connectivity index (χ0n) is 14.3. The Balaban J connectivity index is 2.06. The minimum atomic E-state index is -0.346. The Morgan fingerprint density at radius 1 is 1.26 bits per heavy atom. The Morgan fingerprint density at radius 2 is 2.00 bits per heavy atom. The number of benzene rings is 1. The second-order valence-electron chi connectivity index (χ2n) is 6.45. The van der Waals surface area contributed by atoms with E-state index >= 15 is 0 Å². The van der Waals surface area contributed by atoms with Gasteiger partial charge in [0.2, 0.25) is 0 Å². The summed E-state index contributed by atoms with van der Waals surface area (Å²) in [4.78, 5) is 0. The van der Waals surface area contributed by atoms with E-state index in [4.69, 9.17) is 10.5 Å². The van der Waals surface area contributed by atoms with Crippen LogP contribution in [0.4, 0.5) is 4.39 Å². The van der Waals surface area contributed by atoms with Crippen LogP contribution in [0, 0.1) is 31.5 Å². The third-order valence-corrected chi connectivity index (χ3v) is 4.08. The minimum Gasteiger partial charge on any atom is -0.490 e. The summed E-state index contributed by atoms with van der Waals surface area (Å²) < 4.78 is 19.9. The van der Waals surface area contributed by atoms with Crippen molar-refractivity contribution in [1.29, 1.82) is 0 Å². The average molecular weight is 319 g/mol. The van der Waals surface area contributed by atoms with Crippen LogP contribution in [-0.2, 0) is 0 Å². The van der Waals surface area contributed by atoms with Crippen LogP contribution in [0.15, 0.2) is 18.2 Å². The van der Waals surface area contributed by atoms with Crippen molar-refractivity contribution in [1.82, 2.24) is 10.2 Å². The number of hydrogen-bond acceptors (Lipinski definition) is 3. The molecular formula is C18H26FN3O. The molecule has 0 radical (unpaired) electrons. The third kappa shape index (κ3) is 4.32. The van der Waals surface area contributed by atoms with E-state index in [-0.39, 0.29) is 5.82 Å². The van der Waals surface area contributed by atoms with Crippen LogP contribution in [0.3, 0.4) is 0 Å². The number of aryl methyl sites for hydroxylation is 2. The van der Waals surface area contributed by atoms with Crippen LogP contribution in [0.5, 0.6) is 5.75 Å². The standard InChI is InChI=1S/C18H26FN3O/c1-11(9-20)7-12(2)10-23-17-6-5-15(8-16(17)19)18-13(3)21-22-14(18)4/h5-6,8,11-12H,7,9-10,20H2,1-4H3,(H,21,22). The van der Waals surface area contributed by atoms with E-state index in [1.165, 1.54) is 6.07 Å². The maximum absolute atomic E-state index is 14.3. The number of aromatic amines is 1. The van der Waals surface area contributed by atoms with Gasteiger partial charge in [0.15, 0.2) is 11.6 Å². The van der Waals surface area contributed by atoms with E-state index in [0.29, 0.717) is 30.7 Å². The summed E-state index contributed by atoms with van der Waals surface area (Å²) in [5.74, 6) is 0.736. The van der Waals surface area contributed by atoms with Gasteiger partial charge in [-0.15, -0.1) is 0 Å². The molecule has 0 aliphatic heterocycles. The molecule has 2 aromatic rings. The number of aromatic nitrogens is 2. The second-order valence-corrected chi connectivity index (χ2v) is 6.45. The van der Waals surface area contributed by atoms with Gasteiger partial charge in [-0.2, -0.15) is 5.10 Å². The van der Waals surface area contributed by atoms with Gasteiger partial charge < -0.3 is 10.5 Å². The molecule has 3 N–H and O–H groups in total. The van der Waals surface area contributed by atoms with Gasteiger partial charge in [-0.05, 0) is 56.3 Å². The summed E-state index contributed by atoms with van der Waals surface area (Å²) in [6.45, 7) is 9.19. The largest absolute Gasteiger partial charge is 0.490 e. The van der Waals surface area contributed by atoms with E-state index < -0.39 is 0 Å². The fourth-order valence-corrected chi connectivity index (χ4v) is 2.83. The van der Waals surface area contributed by atoms with Crippen LogP contribution in [0.25, 0.3) is 11.1 Å². The number of nitrogens with one attached hydrogen (secondary N) is 1. The summed E-state index contributed by atoms with van der Waals surface area (Å²) >= 11 is 0. The number of nitrogens with two attached hydrogens (primary N) is 1. The van der Waals surface area contributed by atoms with Gasteiger partial charge in [0.25, 0.3) is 0 Å². The van der Waals surface area contributed by atoms with Crippen molar-refractivity contribution < 1.29 is 9.13 Å². The van der Waals surface area contributed by atoms with Crippen molar-refractivity contribution in [3.8, 4) is 16.9 Å². The Hall–Kier alpha value is -1.88. The van der Waals surface area contributed by atoms with E-state index in [1.54, 1.807) is 6.07 Å². The second kappa shape index (κ2) is 7.59. The number of nitrogens with zero attached hydrogens (tertiary/aromatic N) is 1. The predicted molar refractivity (Wildman–Crippen MR) is 91.0 cm³/mol. The molecule has 0 saturated carbocycles. The Kier molecular flexibility index (Phi) is 5.77. The summed E-state index contributed by atoms with van der Waals surface area (Å²) in [7, 11) is 0. The Labute approximate surface area is 137 Å². The highest BCUT2D eigenvalue weighted by Crippen LogP contribution is 2.29. The Bertz CT molecular complexity index is 634. The lowest BCUT2D eigenvalue weighted by molar-refractivity contribution is 0.228. The number of rotatable bonds is 7. The molecule has 5 heteroatoms. The molecule has 0 aliphatic carbocycles. The van der Waals surface area contributed by atoms with Crippen molar-refractivity contribution in [2.45, 2.75) is 34.1 Å². The first-order valence-corrected chi connectivity index (χ1v) is 8.06. The summed E-state index contributed by atoms with van der Waals surface area (Å²) in [6.07, 6.45) is 0.976. The molecule has 0 bridgehead atoms. The van der Waals surface area contributed by atoms with Crippen molar-refractivity contribution in [3.05, 3.63) is 35.4 Å². The van der Waals surface area contributed by atoms with E-state index in [9.17, 15) is 4.39 Å². The number of hydrogen-bond donors (Lipinski definition) is 2. The number of halogens is 1. The van der Waals surface area contributed by atoms with Gasteiger partial charge in [0.05, 0.1) is 12.3 Å². The number of H-pyrrole nitrogens is 1. The molecule has 23 heavy (non-hydrogen) atoms. The summed E-state index contributed by atoms with van der Waals surface area (Å²) in [5.41, 5.74) is 9.18. The topological polar surface area (TPSA) is 63.9 Å². The minimum absolute atomic E-state index is 0.291. The monoisotopic (exact) mass is 319 g/mol. The first kappa shape index (κ1) is 17.5. The molecule has 2 rings (SSSR count). The van der Waals surface area contributed by atoms with E-state index in [2.05, 4.69) is 24.0 Å². The van der Waals surface area contributed by atoms with Crippen molar-refractivity contribution in [2.24, 2.45) is 17.6 Å². The Morgan fingerprint density at radius 3 is 2.57 bits per heavy atom. The first-order valence-electron chi connectivity index (χ1n) is 8.06. The fraction of sp³-hybridized carbons (Fsp3) is 0.500. The lowest BCUT2D eigenvalue weighted by Crippen LogP contribution is -2.18. The average Bonchev–Trinajstić information content (AvgIpc) is 2.84. The quantitative estimate of drug-likeness (QED) is 0.815. The van der Waals surface area contributed by atoms with Crippen LogP contribution >= 0.6 is 0 Å². The van der Waals surface area contributed by atoms with Gasteiger partial charge in [-0.3, -0.25) is 5.10 Å². The maximum Gasteiger partial charge on any atom is 0.165 e. The van der Waals surface area contributed by atoms with Crippen LogP contribution in [0.1, 0.15) is 31.7 Å². The van der Waals surface area contributed by atoms with Gasteiger partial charge in [-0.25, -0.2) is 4.39 Å². The zero-order valence-corrected chi connectivity index (χ0v) is 14.3. The third-order valence-electron chi connectivity index (χ3n) is 4.08. The molecule has 4 nitrogen and oxygen atoms in total. The van der Waals surface area contributed by atoms with E-state index in [1.807, 2.05) is 19.9 Å². The summed E-state index contributed by atoms with van der Waals surface area (Å²) in [5, 5.41) is 7.07. The smallest absolute Gasteiger partial charge is 0.165 e. The molecule has 0 spiro atoms. The van der Waals surface area contributed by atoms with Crippen molar-refractivity contribution in [3.63, 3.8) is 0 Å². The maximum atomic E-state index is 14.3. The first-order chi connectivity index (χ1) is 10.9. The lowest BCUT2D eigenvalue weighted by atomic mass is 9.98. The van der Waals surface area contributed by atoms with Crippen LogP contribution in [-0.4, -0.2) is 23.3 Å². The van der Waals surface area contributed by atoms with Crippen molar-refractivity contribution in [2.75, 3.05) is 13.2 Å². The molecular weight excluding hydrogens is 293 g/mol. The molecule has 1 aromatic carbocycles. The molecule has 0 saturated heterocycles. The van der Waals surface area contributed by atoms with E-state index in [0.717, 1.165) is 28.9 Å². The van der Waals surface area contributed by atoms with Gasteiger partial charge in [-0.1, -0.05) is 19.9 Å². The molecule has 0 amide bonds. The van der Waals surface area contributed by atoms with Gasteiger partial charge >= 0.3 is 0 Å². The normalized spacial score (nSPS) is 13.8. The SMILES string of the molecule is Cc1n[nH]c(C)c1-c1ccc(OCC(C)CC(C)CN)c(F)c1. The molecule has 0 fully saturated rings. The molecule has 2 unspecified atom stereocenters.